The second kappa shape index (κ2) is 6.21. The number of nitrogens with one attached hydrogen (secondary N) is 1. The van der Waals surface area contributed by atoms with Crippen LogP contribution in [-0.4, -0.2) is 23.9 Å². The molecule has 2 aromatic heterocycles. The molecule has 0 amide bonds. The topological polar surface area (TPSA) is 39.1 Å². The molecule has 0 saturated heterocycles. The van der Waals surface area contributed by atoms with Crippen LogP contribution in [-0.2, 0) is 6.54 Å². The summed E-state index contributed by atoms with van der Waals surface area (Å²) in [7, 11) is 3.68. The molecule has 0 aliphatic rings. The zero-order valence-electron chi connectivity index (χ0n) is 11.9. The Hall–Kier alpha value is -1.33. The van der Waals surface area contributed by atoms with E-state index < -0.39 is 0 Å². The number of hydrogen-bond acceptors (Lipinski definition) is 4. The van der Waals surface area contributed by atoms with E-state index in [1.165, 1.54) is 10.4 Å². The van der Waals surface area contributed by atoms with Gasteiger partial charge in [-0.1, -0.05) is 6.92 Å². The van der Waals surface area contributed by atoms with Crippen molar-refractivity contribution in [3.8, 4) is 5.75 Å². The van der Waals surface area contributed by atoms with E-state index in [9.17, 15) is 0 Å². The van der Waals surface area contributed by atoms with Crippen molar-refractivity contribution < 1.29 is 4.74 Å². The summed E-state index contributed by atoms with van der Waals surface area (Å²) in [6, 6.07) is 2.28. The normalized spacial score (nSPS) is 12.6. The maximum absolute atomic E-state index is 5.47. The molecule has 2 aromatic rings. The van der Waals surface area contributed by atoms with E-state index in [2.05, 4.69) is 35.7 Å². The summed E-state index contributed by atoms with van der Waals surface area (Å²) >= 11 is 1.77. The number of hydrogen-bond donors (Lipinski definition) is 1. The molecule has 0 bridgehead atoms. The van der Waals surface area contributed by atoms with Crippen LogP contribution in [0.4, 0.5) is 0 Å². The van der Waals surface area contributed by atoms with Gasteiger partial charge in [0.25, 0.3) is 0 Å². The molecule has 4 nitrogen and oxygen atoms in total. The van der Waals surface area contributed by atoms with Gasteiger partial charge in [0.05, 0.1) is 19.3 Å². The molecule has 1 unspecified atom stereocenters. The molecular weight excluding hydrogens is 258 g/mol. The maximum Gasteiger partial charge on any atom is 0.161 e. The predicted octanol–water partition coefficient (Wildman–Crippen LogP) is 2.98. The fourth-order valence-corrected chi connectivity index (χ4v) is 3.33. The summed E-state index contributed by atoms with van der Waals surface area (Å²) in [5.41, 5.74) is 2.41. The molecule has 2 rings (SSSR count). The van der Waals surface area contributed by atoms with Crippen molar-refractivity contribution in [1.29, 1.82) is 0 Å². The van der Waals surface area contributed by atoms with Crippen LogP contribution in [0.25, 0.3) is 0 Å². The van der Waals surface area contributed by atoms with Gasteiger partial charge in [-0.3, -0.25) is 4.68 Å². The first kappa shape index (κ1) is 14.1. The van der Waals surface area contributed by atoms with Crippen molar-refractivity contribution >= 4 is 11.3 Å². The minimum atomic E-state index is 0.129. The summed E-state index contributed by atoms with van der Waals surface area (Å²) in [6.07, 6.45) is 2.86. The van der Waals surface area contributed by atoms with Crippen LogP contribution in [0, 0.1) is 6.92 Å². The van der Waals surface area contributed by atoms with Crippen LogP contribution in [0.1, 0.15) is 35.5 Å². The van der Waals surface area contributed by atoms with Gasteiger partial charge in [0, 0.05) is 11.4 Å². The third-order valence-corrected chi connectivity index (χ3v) is 4.31. The Bertz CT molecular complexity index is 533. The first-order valence-corrected chi connectivity index (χ1v) is 7.41. The maximum atomic E-state index is 5.47. The monoisotopic (exact) mass is 279 g/mol. The minimum Gasteiger partial charge on any atom is -0.493 e. The van der Waals surface area contributed by atoms with E-state index in [0.717, 1.165) is 24.4 Å². The van der Waals surface area contributed by atoms with Gasteiger partial charge in [-0.15, -0.1) is 11.3 Å². The largest absolute Gasteiger partial charge is 0.493 e. The molecule has 0 aliphatic carbocycles. The van der Waals surface area contributed by atoms with E-state index in [1.807, 2.05) is 11.7 Å². The van der Waals surface area contributed by atoms with E-state index in [-0.39, 0.29) is 6.04 Å². The number of thiophene rings is 1. The fraction of sp³-hybridized carbons (Fsp3) is 0.500. The van der Waals surface area contributed by atoms with Crippen LogP contribution >= 0.6 is 11.3 Å². The number of aryl methyl sites for hydroxylation is 2. The van der Waals surface area contributed by atoms with Gasteiger partial charge in [-0.25, -0.2) is 0 Å². The average molecular weight is 279 g/mol. The third kappa shape index (κ3) is 2.67. The van der Waals surface area contributed by atoms with Gasteiger partial charge in [-0.2, -0.15) is 5.10 Å². The Morgan fingerprint density at radius 2 is 2.32 bits per heavy atom. The molecule has 0 spiro atoms. The highest BCUT2D eigenvalue weighted by molar-refractivity contribution is 7.10. The lowest BCUT2D eigenvalue weighted by Gasteiger charge is -2.19. The second-order valence-electron chi connectivity index (χ2n) is 4.51. The Balaban J connectivity index is 2.48. The molecule has 0 saturated carbocycles. The smallest absolute Gasteiger partial charge is 0.161 e. The van der Waals surface area contributed by atoms with Gasteiger partial charge >= 0.3 is 0 Å². The number of methoxy groups -OCH3 is 1. The highest BCUT2D eigenvalue weighted by Crippen LogP contribution is 2.34. The Labute approximate surface area is 118 Å². The summed E-state index contributed by atoms with van der Waals surface area (Å²) in [4.78, 5) is 1.32. The standard InChI is InChI=1S/C14H21N3OS/c1-5-7-17-13(11(18-4)9-16-17)12(15-3)14-10(2)6-8-19-14/h6,8-9,12,15H,5,7H2,1-4H3. The second-order valence-corrected chi connectivity index (χ2v) is 5.46. The quantitative estimate of drug-likeness (QED) is 0.883. The molecule has 0 fully saturated rings. The predicted molar refractivity (Wildman–Crippen MR) is 79.0 cm³/mol. The minimum absolute atomic E-state index is 0.129. The first-order valence-electron chi connectivity index (χ1n) is 6.53. The summed E-state index contributed by atoms with van der Waals surface area (Å²) in [5.74, 6) is 0.848. The zero-order valence-corrected chi connectivity index (χ0v) is 12.8. The number of rotatable bonds is 6. The summed E-state index contributed by atoms with van der Waals surface area (Å²) in [6.45, 7) is 5.20. The van der Waals surface area contributed by atoms with Gasteiger partial charge in [0.15, 0.2) is 5.75 Å². The lowest BCUT2D eigenvalue weighted by atomic mass is 10.1. The van der Waals surface area contributed by atoms with Gasteiger partial charge < -0.3 is 10.1 Å². The van der Waals surface area contributed by atoms with Crippen LogP contribution in [0.15, 0.2) is 17.6 Å². The molecule has 104 valence electrons. The molecule has 19 heavy (non-hydrogen) atoms. The molecule has 0 aromatic carbocycles. The Kier molecular flexibility index (Phi) is 4.61. The SMILES string of the molecule is CCCn1ncc(OC)c1C(NC)c1sccc1C. The molecule has 1 N–H and O–H groups in total. The summed E-state index contributed by atoms with van der Waals surface area (Å²) < 4.78 is 7.52. The van der Waals surface area contributed by atoms with Crippen molar-refractivity contribution in [2.24, 2.45) is 0 Å². The summed E-state index contributed by atoms with van der Waals surface area (Å²) in [5, 5.41) is 9.96. The number of nitrogens with zero attached hydrogens (tertiary/aromatic N) is 2. The van der Waals surface area contributed by atoms with Crippen molar-refractivity contribution in [2.75, 3.05) is 14.2 Å². The highest BCUT2D eigenvalue weighted by Gasteiger charge is 2.24. The molecule has 0 radical (unpaired) electrons. The third-order valence-electron chi connectivity index (χ3n) is 3.23. The van der Waals surface area contributed by atoms with E-state index in [4.69, 9.17) is 4.74 Å². The Morgan fingerprint density at radius 1 is 1.53 bits per heavy atom. The van der Waals surface area contributed by atoms with E-state index in [0.29, 0.717) is 0 Å². The highest BCUT2D eigenvalue weighted by atomic mass is 32.1. The van der Waals surface area contributed by atoms with Gasteiger partial charge in [0.2, 0.25) is 0 Å². The lowest BCUT2D eigenvalue weighted by molar-refractivity contribution is 0.400. The number of ether oxygens (including phenoxy) is 1. The molecule has 2 heterocycles. The lowest BCUT2D eigenvalue weighted by Crippen LogP contribution is -2.22. The molecule has 5 heteroatoms. The van der Waals surface area contributed by atoms with E-state index >= 15 is 0 Å². The molecule has 1 atom stereocenters. The Morgan fingerprint density at radius 3 is 2.84 bits per heavy atom. The van der Waals surface area contributed by atoms with Crippen molar-refractivity contribution in [3.63, 3.8) is 0 Å². The fourth-order valence-electron chi connectivity index (χ4n) is 2.29. The van der Waals surface area contributed by atoms with Crippen LogP contribution in [0.5, 0.6) is 5.75 Å². The molecule has 0 aliphatic heterocycles. The van der Waals surface area contributed by atoms with Crippen molar-refractivity contribution in [3.05, 3.63) is 33.8 Å². The average Bonchev–Trinajstić information content (AvgIpc) is 3.00. The zero-order chi connectivity index (χ0) is 13.8. The van der Waals surface area contributed by atoms with Crippen molar-refractivity contribution in [1.82, 2.24) is 15.1 Å². The molecular formula is C14H21N3OS. The van der Waals surface area contributed by atoms with Crippen LogP contribution in [0.2, 0.25) is 0 Å². The van der Waals surface area contributed by atoms with E-state index in [1.54, 1.807) is 24.6 Å². The number of aromatic nitrogens is 2. The first-order chi connectivity index (χ1) is 9.22. The van der Waals surface area contributed by atoms with Crippen molar-refractivity contribution in [2.45, 2.75) is 32.9 Å². The van der Waals surface area contributed by atoms with Gasteiger partial charge in [0.1, 0.15) is 5.69 Å². The van der Waals surface area contributed by atoms with Gasteiger partial charge in [-0.05, 0) is 37.4 Å². The van der Waals surface area contributed by atoms with Crippen LogP contribution < -0.4 is 10.1 Å². The van der Waals surface area contributed by atoms with Crippen LogP contribution in [0.3, 0.4) is 0 Å².